The molecule has 7 nitrogen and oxygen atoms in total. The molecule has 2 amide bonds. The Balaban J connectivity index is 1.44. The molecule has 7 heteroatoms. The lowest BCUT2D eigenvalue weighted by atomic mass is 9.77. The van der Waals surface area contributed by atoms with E-state index in [-0.39, 0.29) is 11.1 Å². The van der Waals surface area contributed by atoms with Crippen LogP contribution in [0, 0.1) is 11.8 Å². The van der Waals surface area contributed by atoms with E-state index in [0.29, 0.717) is 17.0 Å². The lowest BCUT2D eigenvalue weighted by Crippen LogP contribution is -2.51. The normalized spacial score (nSPS) is 23.4. The lowest BCUT2D eigenvalue weighted by molar-refractivity contribution is -0.127. The maximum atomic E-state index is 14.1. The number of Topliss-reactive ketones (excluding diaryl/α,β-unsaturated/α-hetero) is 2. The molecule has 1 spiro atoms. The molecule has 2 heterocycles. The molecular weight excluding hydrogens is 482 g/mol. The zero-order chi connectivity index (χ0) is 26.2. The Morgan fingerprint density at radius 3 is 2.05 bits per heavy atom. The third-order valence-corrected chi connectivity index (χ3v) is 7.98. The molecule has 1 aliphatic carbocycles. The Hall–Kier alpha value is -4.62. The molecule has 3 atom stereocenters. The Morgan fingerprint density at radius 2 is 1.37 bits per heavy atom. The smallest absolute Gasteiger partial charge is 0.241 e. The third kappa shape index (κ3) is 2.76. The number of imide groups is 1. The number of hydrogen-bond acceptors (Lipinski definition) is 6. The molecule has 2 fully saturated rings. The van der Waals surface area contributed by atoms with Gasteiger partial charge in [-0.2, -0.15) is 0 Å². The Bertz CT molecular complexity index is 1650. The first-order valence-corrected chi connectivity index (χ1v) is 12.3. The van der Waals surface area contributed by atoms with Gasteiger partial charge in [-0.1, -0.05) is 66.7 Å². The van der Waals surface area contributed by atoms with E-state index in [9.17, 15) is 19.2 Å². The summed E-state index contributed by atoms with van der Waals surface area (Å²) in [5, 5.41) is 1.75. The van der Waals surface area contributed by atoms with E-state index in [1.165, 1.54) is 7.11 Å². The molecule has 0 N–H and O–H groups in total. The number of benzene rings is 4. The van der Waals surface area contributed by atoms with Crippen LogP contribution in [0.25, 0.3) is 10.8 Å². The second kappa shape index (κ2) is 7.94. The van der Waals surface area contributed by atoms with Gasteiger partial charge in [0.2, 0.25) is 29.0 Å². The highest BCUT2D eigenvalue weighted by Crippen LogP contribution is 2.58. The molecule has 0 aromatic heterocycles. The maximum Gasteiger partial charge on any atom is 0.241 e. The van der Waals surface area contributed by atoms with Gasteiger partial charge in [0.05, 0.1) is 30.7 Å². The van der Waals surface area contributed by atoms with Gasteiger partial charge < -0.3 is 9.47 Å². The fraction of sp³-hybridized carbons (Fsp3) is 0.161. The van der Waals surface area contributed by atoms with Crippen molar-refractivity contribution in [3.63, 3.8) is 0 Å². The molecule has 4 aromatic rings. The molecule has 0 bridgehead atoms. The third-order valence-electron chi connectivity index (χ3n) is 7.98. The number of ether oxygens (including phenoxy) is 2. The SMILES string of the molecule is COc1ccc(N2C(=O)[C@@H]3[C@@H](C2=O)C2(O[C@H]3c3cccc4ccccc34)C(=O)c3ccccc3C2=O)cc1. The van der Waals surface area contributed by atoms with Crippen LogP contribution in [-0.4, -0.2) is 36.1 Å². The minimum atomic E-state index is -2.11. The monoisotopic (exact) mass is 503 g/mol. The van der Waals surface area contributed by atoms with Crippen molar-refractivity contribution in [2.75, 3.05) is 12.0 Å². The Kier molecular flexibility index (Phi) is 4.71. The van der Waals surface area contributed by atoms with E-state index in [1.54, 1.807) is 48.5 Å². The first-order valence-electron chi connectivity index (χ1n) is 12.3. The number of rotatable bonds is 3. The average molecular weight is 504 g/mol. The van der Waals surface area contributed by atoms with Crippen LogP contribution in [-0.2, 0) is 14.3 Å². The van der Waals surface area contributed by atoms with Gasteiger partial charge in [0, 0.05) is 11.1 Å². The molecule has 2 saturated heterocycles. The van der Waals surface area contributed by atoms with Crippen LogP contribution in [0.5, 0.6) is 5.75 Å². The van der Waals surface area contributed by atoms with Gasteiger partial charge in [0.1, 0.15) is 5.75 Å². The number of amides is 2. The van der Waals surface area contributed by atoms with Gasteiger partial charge in [0.25, 0.3) is 0 Å². The number of carbonyl (C=O) groups is 4. The predicted molar refractivity (Wildman–Crippen MR) is 138 cm³/mol. The summed E-state index contributed by atoms with van der Waals surface area (Å²) in [6.07, 6.45) is -0.979. The first kappa shape index (κ1) is 22.6. The summed E-state index contributed by atoms with van der Waals surface area (Å²) in [7, 11) is 1.52. The first-order chi connectivity index (χ1) is 18.5. The zero-order valence-electron chi connectivity index (χ0n) is 20.3. The number of anilines is 1. The molecule has 3 aliphatic rings. The standard InChI is InChI=1S/C31H21NO6/c1-37-19-15-13-18(14-16-19)32-29(35)24-25(30(32)36)31(27(33)22-10-4-5-11-23(22)28(31)34)38-26(24)21-12-6-8-17-7-2-3-9-20(17)21/h2-16,24-26H,1H3/t24-,25+,26+/m1/s1. The van der Waals surface area contributed by atoms with Gasteiger partial charge in [-0.3, -0.25) is 19.2 Å². The van der Waals surface area contributed by atoms with Crippen molar-refractivity contribution in [1.29, 1.82) is 0 Å². The largest absolute Gasteiger partial charge is 0.497 e. The highest BCUT2D eigenvalue weighted by atomic mass is 16.5. The fourth-order valence-corrected chi connectivity index (χ4v) is 6.28. The zero-order valence-corrected chi connectivity index (χ0v) is 20.3. The molecular formula is C31H21NO6. The lowest BCUT2D eigenvalue weighted by Gasteiger charge is -2.27. The minimum Gasteiger partial charge on any atom is -0.497 e. The van der Waals surface area contributed by atoms with E-state index in [0.717, 1.165) is 15.7 Å². The van der Waals surface area contributed by atoms with Crippen molar-refractivity contribution in [1.82, 2.24) is 0 Å². The van der Waals surface area contributed by atoms with Crippen molar-refractivity contribution < 1.29 is 28.7 Å². The second-order valence-corrected chi connectivity index (χ2v) is 9.76. The van der Waals surface area contributed by atoms with Crippen LogP contribution in [0.4, 0.5) is 5.69 Å². The second-order valence-electron chi connectivity index (χ2n) is 9.76. The summed E-state index contributed by atoms with van der Waals surface area (Å²) in [6.45, 7) is 0. The summed E-state index contributed by atoms with van der Waals surface area (Å²) in [4.78, 5) is 57.1. The summed E-state index contributed by atoms with van der Waals surface area (Å²) >= 11 is 0. The van der Waals surface area contributed by atoms with Gasteiger partial charge >= 0.3 is 0 Å². The van der Waals surface area contributed by atoms with E-state index >= 15 is 0 Å². The van der Waals surface area contributed by atoms with E-state index < -0.39 is 46.9 Å². The number of hydrogen-bond donors (Lipinski definition) is 0. The summed E-state index contributed by atoms with van der Waals surface area (Å²) in [5.74, 6) is -4.06. The van der Waals surface area contributed by atoms with E-state index in [1.807, 2.05) is 42.5 Å². The van der Waals surface area contributed by atoms with Crippen molar-refractivity contribution in [2.45, 2.75) is 11.7 Å². The quantitative estimate of drug-likeness (QED) is 0.301. The highest BCUT2D eigenvalue weighted by molar-refractivity contribution is 6.37. The van der Waals surface area contributed by atoms with Crippen LogP contribution < -0.4 is 9.64 Å². The highest BCUT2D eigenvalue weighted by Gasteiger charge is 2.74. The molecule has 0 saturated carbocycles. The Morgan fingerprint density at radius 1 is 0.737 bits per heavy atom. The van der Waals surface area contributed by atoms with Crippen LogP contribution in [0.15, 0.2) is 91.0 Å². The maximum absolute atomic E-state index is 14.1. The molecule has 7 rings (SSSR count). The van der Waals surface area contributed by atoms with Gasteiger partial charge in [-0.15, -0.1) is 0 Å². The van der Waals surface area contributed by atoms with Crippen molar-refractivity contribution >= 4 is 39.8 Å². The van der Waals surface area contributed by atoms with Gasteiger partial charge in [-0.05, 0) is 40.6 Å². The van der Waals surface area contributed by atoms with Crippen LogP contribution in [0.3, 0.4) is 0 Å². The number of carbonyl (C=O) groups excluding carboxylic acids is 4. The number of fused-ring (bicyclic) bond motifs is 4. The molecule has 0 radical (unpaired) electrons. The van der Waals surface area contributed by atoms with Gasteiger partial charge in [-0.25, -0.2) is 4.90 Å². The molecule has 2 aliphatic heterocycles. The topological polar surface area (TPSA) is 90.0 Å². The number of ketones is 2. The van der Waals surface area contributed by atoms with Crippen LogP contribution in [0.1, 0.15) is 32.4 Å². The molecule has 186 valence electrons. The van der Waals surface area contributed by atoms with Gasteiger partial charge in [0.15, 0.2) is 0 Å². The van der Waals surface area contributed by atoms with E-state index in [2.05, 4.69) is 0 Å². The minimum absolute atomic E-state index is 0.206. The van der Waals surface area contributed by atoms with Crippen LogP contribution >= 0.6 is 0 Å². The number of nitrogens with zero attached hydrogens (tertiary/aromatic N) is 1. The van der Waals surface area contributed by atoms with E-state index in [4.69, 9.17) is 9.47 Å². The van der Waals surface area contributed by atoms with Crippen molar-refractivity contribution in [2.24, 2.45) is 11.8 Å². The average Bonchev–Trinajstić information content (AvgIpc) is 3.52. The summed E-state index contributed by atoms with van der Waals surface area (Å²) in [5.41, 5.74) is -0.693. The number of methoxy groups -OCH3 is 1. The van der Waals surface area contributed by atoms with Crippen LogP contribution in [0.2, 0.25) is 0 Å². The molecule has 38 heavy (non-hydrogen) atoms. The predicted octanol–water partition coefficient (Wildman–Crippen LogP) is 4.54. The fourth-order valence-electron chi connectivity index (χ4n) is 6.28. The summed E-state index contributed by atoms with van der Waals surface area (Å²) in [6, 6.07) is 26.2. The Labute approximate surface area is 217 Å². The summed E-state index contributed by atoms with van der Waals surface area (Å²) < 4.78 is 11.7. The van der Waals surface area contributed by atoms with Crippen molar-refractivity contribution in [3.05, 3.63) is 108 Å². The van der Waals surface area contributed by atoms with Crippen molar-refractivity contribution in [3.8, 4) is 5.75 Å². The molecule has 4 aromatic carbocycles. The molecule has 0 unspecified atom stereocenters.